The second kappa shape index (κ2) is 11.9. The Morgan fingerprint density at radius 3 is 1.90 bits per heavy atom. The summed E-state index contributed by atoms with van der Waals surface area (Å²) in [6.07, 6.45) is 5.12. The van der Waals surface area contributed by atoms with Crippen molar-refractivity contribution in [1.82, 2.24) is 0 Å². The van der Waals surface area contributed by atoms with Crippen molar-refractivity contribution in [2.75, 3.05) is 6.61 Å². The van der Waals surface area contributed by atoms with Crippen LogP contribution in [0.5, 0.6) is 11.5 Å². The molecule has 0 amide bonds. The summed E-state index contributed by atoms with van der Waals surface area (Å²) < 4.78 is 12.2. The lowest BCUT2D eigenvalue weighted by Crippen LogP contribution is -2.01. The number of aliphatic hydroxyl groups is 1. The SMILES string of the molecule is OCCCCCCc1ccc(OCc2ccccc2)cc1OCc1ccccc1. The van der Waals surface area contributed by atoms with Gasteiger partial charge in [0.15, 0.2) is 0 Å². The Hall–Kier alpha value is -2.78. The van der Waals surface area contributed by atoms with Gasteiger partial charge >= 0.3 is 0 Å². The highest BCUT2D eigenvalue weighted by Gasteiger charge is 2.08. The Balaban J connectivity index is 1.65. The van der Waals surface area contributed by atoms with Gasteiger partial charge in [-0.15, -0.1) is 0 Å². The number of rotatable bonds is 12. The number of benzene rings is 3. The Morgan fingerprint density at radius 2 is 1.24 bits per heavy atom. The van der Waals surface area contributed by atoms with Crippen LogP contribution in [-0.4, -0.2) is 11.7 Å². The van der Waals surface area contributed by atoms with Crippen molar-refractivity contribution in [3.05, 3.63) is 95.6 Å². The van der Waals surface area contributed by atoms with Gasteiger partial charge in [0.05, 0.1) is 0 Å². The van der Waals surface area contributed by atoms with Crippen LogP contribution < -0.4 is 9.47 Å². The van der Waals surface area contributed by atoms with Gasteiger partial charge in [-0.3, -0.25) is 0 Å². The first kappa shape index (κ1) is 20.9. The maximum absolute atomic E-state index is 8.93. The van der Waals surface area contributed by atoms with Crippen LogP contribution in [0.25, 0.3) is 0 Å². The molecule has 29 heavy (non-hydrogen) atoms. The van der Waals surface area contributed by atoms with E-state index in [1.807, 2.05) is 48.5 Å². The maximum atomic E-state index is 8.93. The van der Waals surface area contributed by atoms with Crippen molar-refractivity contribution in [3.8, 4) is 11.5 Å². The summed E-state index contributed by atoms with van der Waals surface area (Å²) in [5, 5.41) is 8.93. The molecule has 152 valence electrons. The summed E-state index contributed by atoms with van der Waals surface area (Å²) in [7, 11) is 0. The van der Waals surface area contributed by atoms with E-state index >= 15 is 0 Å². The number of hydrogen-bond donors (Lipinski definition) is 1. The van der Waals surface area contributed by atoms with Crippen LogP contribution >= 0.6 is 0 Å². The fourth-order valence-electron chi connectivity index (χ4n) is 3.22. The molecule has 0 spiro atoms. The molecule has 0 bridgehead atoms. The number of ether oxygens (including phenoxy) is 2. The van der Waals surface area contributed by atoms with Gasteiger partial charge in [0.1, 0.15) is 24.7 Å². The summed E-state index contributed by atoms with van der Waals surface area (Å²) >= 11 is 0. The monoisotopic (exact) mass is 390 g/mol. The zero-order chi connectivity index (χ0) is 20.2. The lowest BCUT2D eigenvalue weighted by atomic mass is 10.0. The lowest BCUT2D eigenvalue weighted by Gasteiger charge is -2.14. The van der Waals surface area contributed by atoms with Crippen LogP contribution in [-0.2, 0) is 19.6 Å². The third kappa shape index (κ3) is 7.28. The molecule has 1 N–H and O–H groups in total. The van der Waals surface area contributed by atoms with Crippen molar-refractivity contribution in [3.63, 3.8) is 0 Å². The van der Waals surface area contributed by atoms with Crippen LogP contribution in [0, 0.1) is 0 Å². The minimum Gasteiger partial charge on any atom is -0.489 e. The molecule has 0 saturated heterocycles. The zero-order valence-corrected chi connectivity index (χ0v) is 16.9. The summed E-state index contributed by atoms with van der Waals surface area (Å²) in [6.45, 7) is 1.36. The van der Waals surface area contributed by atoms with Crippen molar-refractivity contribution in [2.45, 2.75) is 45.3 Å². The van der Waals surface area contributed by atoms with E-state index in [-0.39, 0.29) is 6.61 Å². The molecule has 3 nitrogen and oxygen atoms in total. The Kier molecular flexibility index (Phi) is 8.61. The van der Waals surface area contributed by atoms with Crippen LogP contribution in [0.15, 0.2) is 78.9 Å². The molecule has 0 aromatic heterocycles. The van der Waals surface area contributed by atoms with E-state index in [1.165, 1.54) is 5.56 Å². The predicted molar refractivity (Wildman–Crippen MR) is 117 cm³/mol. The first-order valence-electron chi connectivity index (χ1n) is 10.4. The molecule has 3 aromatic carbocycles. The molecular weight excluding hydrogens is 360 g/mol. The normalized spacial score (nSPS) is 10.7. The quantitative estimate of drug-likeness (QED) is 0.389. The Morgan fingerprint density at radius 1 is 0.621 bits per heavy atom. The molecule has 0 unspecified atom stereocenters. The van der Waals surface area contributed by atoms with Gasteiger partial charge in [-0.25, -0.2) is 0 Å². The van der Waals surface area contributed by atoms with Gasteiger partial charge in [-0.1, -0.05) is 79.6 Å². The predicted octanol–water partition coefficient (Wildman–Crippen LogP) is 5.94. The standard InChI is InChI=1S/C26H30O3/c27-18-10-2-1-9-15-24-16-17-25(28-20-22-11-5-3-6-12-22)19-26(24)29-21-23-13-7-4-8-14-23/h3-8,11-14,16-17,19,27H,1-2,9-10,15,18,20-21H2. The number of unbranched alkanes of at least 4 members (excludes halogenated alkanes) is 3. The third-order valence-corrected chi connectivity index (χ3v) is 4.88. The molecule has 0 radical (unpaired) electrons. The van der Waals surface area contributed by atoms with Gasteiger partial charge in [0.25, 0.3) is 0 Å². The summed E-state index contributed by atoms with van der Waals surface area (Å²) in [5.41, 5.74) is 3.50. The first-order chi connectivity index (χ1) is 14.3. The summed E-state index contributed by atoms with van der Waals surface area (Å²) in [5.74, 6) is 1.71. The second-order valence-electron chi connectivity index (χ2n) is 7.21. The average Bonchev–Trinajstić information content (AvgIpc) is 2.78. The highest BCUT2D eigenvalue weighted by Crippen LogP contribution is 2.28. The summed E-state index contributed by atoms with van der Waals surface area (Å²) in [6, 6.07) is 26.5. The van der Waals surface area contributed by atoms with Crippen molar-refractivity contribution < 1.29 is 14.6 Å². The molecule has 0 fully saturated rings. The van der Waals surface area contributed by atoms with E-state index in [1.54, 1.807) is 0 Å². The van der Waals surface area contributed by atoms with E-state index < -0.39 is 0 Å². The van der Waals surface area contributed by atoms with Crippen LogP contribution in [0.4, 0.5) is 0 Å². The van der Waals surface area contributed by atoms with Gasteiger partial charge in [0, 0.05) is 12.7 Å². The van der Waals surface area contributed by atoms with E-state index in [0.29, 0.717) is 13.2 Å². The largest absolute Gasteiger partial charge is 0.489 e. The Labute approximate surface area is 173 Å². The number of aryl methyl sites for hydroxylation is 1. The smallest absolute Gasteiger partial charge is 0.126 e. The van der Waals surface area contributed by atoms with E-state index in [4.69, 9.17) is 14.6 Å². The summed E-state index contributed by atoms with van der Waals surface area (Å²) in [4.78, 5) is 0. The minimum atomic E-state index is 0.277. The molecule has 3 aromatic rings. The number of aliphatic hydroxyl groups excluding tert-OH is 1. The Bertz CT molecular complexity index is 831. The van der Waals surface area contributed by atoms with Crippen LogP contribution in [0.3, 0.4) is 0 Å². The molecule has 0 aliphatic rings. The van der Waals surface area contributed by atoms with Gasteiger partial charge < -0.3 is 14.6 Å². The third-order valence-electron chi connectivity index (χ3n) is 4.88. The molecule has 3 heteroatoms. The molecule has 0 saturated carbocycles. The average molecular weight is 391 g/mol. The van der Waals surface area contributed by atoms with Crippen LogP contribution in [0.1, 0.15) is 42.4 Å². The second-order valence-corrected chi connectivity index (χ2v) is 7.21. The first-order valence-corrected chi connectivity index (χ1v) is 10.4. The van der Waals surface area contributed by atoms with Crippen molar-refractivity contribution >= 4 is 0 Å². The molecule has 3 rings (SSSR count). The van der Waals surface area contributed by atoms with Crippen molar-refractivity contribution in [2.24, 2.45) is 0 Å². The van der Waals surface area contributed by atoms with Crippen LogP contribution in [0.2, 0.25) is 0 Å². The molecule has 0 atom stereocenters. The van der Waals surface area contributed by atoms with Crippen molar-refractivity contribution in [1.29, 1.82) is 0 Å². The minimum absolute atomic E-state index is 0.277. The van der Waals surface area contributed by atoms with E-state index in [2.05, 4.69) is 30.3 Å². The van der Waals surface area contributed by atoms with Gasteiger partial charge in [-0.05, 0) is 42.0 Å². The maximum Gasteiger partial charge on any atom is 0.126 e. The van der Waals surface area contributed by atoms with Gasteiger partial charge in [-0.2, -0.15) is 0 Å². The molecule has 0 heterocycles. The highest BCUT2D eigenvalue weighted by atomic mass is 16.5. The fourth-order valence-corrected chi connectivity index (χ4v) is 3.22. The fraction of sp³-hybridized carbons (Fsp3) is 0.308. The zero-order valence-electron chi connectivity index (χ0n) is 16.9. The molecule has 0 aliphatic heterocycles. The van der Waals surface area contributed by atoms with E-state index in [0.717, 1.165) is 54.7 Å². The number of hydrogen-bond acceptors (Lipinski definition) is 3. The van der Waals surface area contributed by atoms with Gasteiger partial charge in [0.2, 0.25) is 0 Å². The van der Waals surface area contributed by atoms with E-state index in [9.17, 15) is 0 Å². The topological polar surface area (TPSA) is 38.7 Å². The molecule has 0 aliphatic carbocycles. The lowest BCUT2D eigenvalue weighted by molar-refractivity contribution is 0.281. The highest BCUT2D eigenvalue weighted by molar-refractivity contribution is 5.41. The molecular formula is C26H30O3.